The highest BCUT2D eigenvalue weighted by Gasteiger charge is 2.36. The summed E-state index contributed by atoms with van der Waals surface area (Å²) >= 11 is 1.68. The second kappa shape index (κ2) is 6.40. The molecule has 2 aliphatic heterocycles. The van der Waals surface area contributed by atoms with E-state index in [1.54, 1.807) is 11.3 Å². The third kappa shape index (κ3) is 3.11. The number of urea groups is 1. The topological polar surface area (TPSA) is 48.5 Å². The van der Waals surface area contributed by atoms with E-state index in [1.165, 1.54) is 42.7 Å². The maximum absolute atomic E-state index is 12.6. The van der Waals surface area contributed by atoms with Gasteiger partial charge in [-0.05, 0) is 52.0 Å². The number of amides is 2. The zero-order valence-electron chi connectivity index (χ0n) is 13.9. The fraction of sp³-hybridized carbons (Fsp3) is 0.765. The molecule has 6 heteroatoms. The van der Waals surface area contributed by atoms with Crippen molar-refractivity contribution in [2.24, 2.45) is 0 Å². The second-order valence-corrected chi connectivity index (χ2v) is 8.25. The number of carbonyl (C=O) groups is 1. The first-order valence-corrected chi connectivity index (χ1v) is 9.79. The summed E-state index contributed by atoms with van der Waals surface area (Å²) in [4.78, 5) is 23.2. The van der Waals surface area contributed by atoms with Crippen molar-refractivity contribution in [1.82, 2.24) is 14.8 Å². The van der Waals surface area contributed by atoms with E-state index in [-0.39, 0.29) is 6.03 Å². The Morgan fingerprint density at radius 3 is 2.91 bits per heavy atom. The van der Waals surface area contributed by atoms with Gasteiger partial charge < -0.3 is 4.90 Å². The van der Waals surface area contributed by atoms with Gasteiger partial charge in [0, 0.05) is 30.1 Å². The third-order valence-electron chi connectivity index (χ3n) is 5.75. The van der Waals surface area contributed by atoms with Gasteiger partial charge in [-0.1, -0.05) is 6.42 Å². The Balaban J connectivity index is 1.42. The van der Waals surface area contributed by atoms with Crippen LogP contribution in [0.4, 0.5) is 9.93 Å². The minimum Gasteiger partial charge on any atom is -0.323 e. The molecule has 2 unspecified atom stereocenters. The predicted molar refractivity (Wildman–Crippen MR) is 93.2 cm³/mol. The number of nitrogens with one attached hydrogen (secondary N) is 1. The van der Waals surface area contributed by atoms with Crippen molar-refractivity contribution in [3.8, 4) is 0 Å². The highest BCUT2D eigenvalue weighted by Crippen LogP contribution is 2.31. The van der Waals surface area contributed by atoms with Gasteiger partial charge in [-0.15, -0.1) is 11.3 Å². The number of carbonyl (C=O) groups excluding carboxylic acids is 1. The molecule has 3 heterocycles. The molecule has 2 amide bonds. The summed E-state index contributed by atoms with van der Waals surface area (Å²) in [5, 5.41) is 3.86. The molecule has 23 heavy (non-hydrogen) atoms. The number of nitrogens with zero attached hydrogens (tertiary/aromatic N) is 3. The van der Waals surface area contributed by atoms with Gasteiger partial charge in [0.05, 0.1) is 5.69 Å². The Hall–Kier alpha value is -1.14. The molecule has 1 aliphatic carbocycles. The van der Waals surface area contributed by atoms with Crippen LogP contribution in [-0.2, 0) is 12.8 Å². The van der Waals surface area contributed by atoms with Gasteiger partial charge in [-0.3, -0.25) is 10.2 Å². The van der Waals surface area contributed by atoms with Crippen molar-refractivity contribution in [3.63, 3.8) is 0 Å². The molecule has 2 fully saturated rings. The molecule has 0 spiro atoms. The van der Waals surface area contributed by atoms with Crippen LogP contribution in [0.5, 0.6) is 0 Å². The van der Waals surface area contributed by atoms with Crippen LogP contribution in [0.1, 0.15) is 49.1 Å². The highest BCUT2D eigenvalue weighted by molar-refractivity contribution is 7.15. The lowest BCUT2D eigenvalue weighted by molar-refractivity contribution is 0.200. The van der Waals surface area contributed by atoms with E-state index in [2.05, 4.69) is 22.2 Å². The average molecular weight is 334 g/mol. The van der Waals surface area contributed by atoms with Crippen molar-refractivity contribution >= 4 is 22.5 Å². The van der Waals surface area contributed by atoms with Gasteiger partial charge >= 0.3 is 6.03 Å². The lowest BCUT2D eigenvalue weighted by atomic mass is 10.1. The minimum absolute atomic E-state index is 0.0369. The van der Waals surface area contributed by atoms with Crippen molar-refractivity contribution < 1.29 is 4.79 Å². The Kier molecular flexibility index (Phi) is 4.28. The van der Waals surface area contributed by atoms with Crippen LogP contribution < -0.4 is 5.32 Å². The predicted octanol–water partition coefficient (Wildman–Crippen LogP) is 3.11. The number of likely N-dealkylation sites (N-methyl/N-ethyl adjacent to an activating group) is 1. The first kappa shape index (κ1) is 15.4. The van der Waals surface area contributed by atoms with Crippen molar-refractivity contribution in [2.45, 2.75) is 63.5 Å². The van der Waals surface area contributed by atoms with Crippen LogP contribution in [0.2, 0.25) is 0 Å². The molecule has 1 N–H and O–H groups in total. The van der Waals surface area contributed by atoms with Gasteiger partial charge in [-0.2, -0.15) is 0 Å². The number of rotatable bonds is 1. The number of anilines is 1. The lowest BCUT2D eigenvalue weighted by Gasteiger charge is -2.25. The van der Waals surface area contributed by atoms with Gasteiger partial charge in [0.1, 0.15) is 0 Å². The van der Waals surface area contributed by atoms with Gasteiger partial charge in [-0.25, -0.2) is 9.78 Å². The van der Waals surface area contributed by atoms with Gasteiger partial charge in [0.25, 0.3) is 0 Å². The molecular formula is C17H26N4OS. The summed E-state index contributed by atoms with van der Waals surface area (Å²) in [6.07, 6.45) is 9.58. The third-order valence-corrected chi connectivity index (χ3v) is 6.82. The first-order chi connectivity index (χ1) is 11.2. The summed E-state index contributed by atoms with van der Waals surface area (Å²) in [6.45, 7) is 1.71. The molecule has 3 aliphatic rings. The van der Waals surface area contributed by atoms with E-state index < -0.39 is 0 Å². The number of hydrogen-bond acceptors (Lipinski definition) is 4. The molecule has 2 bridgehead atoms. The number of aryl methyl sites for hydroxylation is 2. The van der Waals surface area contributed by atoms with Crippen LogP contribution in [0.3, 0.4) is 0 Å². The number of fused-ring (bicyclic) bond motifs is 3. The average Bonchev–Trinajstić information content (AvgIpc) is 2.90. The summed E-state index contributed by atoms with van der Waals surface area (Å²) < 4.78 is 0. The Morgan fingerprint density at radius 1 is 1.17 bits per heavy atom. The zero-order chi connectivity index (χ0) is 15.8. The normalized spacial score (nSPS) is 28.1. The van der Waals surface area contributed by atoms with E-state index >= 15 is 0 Å². The van der Waals surface area contributed by atoms with E-state index in [0.717, 1.165) is 37.5 Å². The molecule has 126 valence electrons. The monoisotopic (exact) mass is 334 g/mol. The van der Waals surface area contributed by atoms with Crippen LogP contribution in [0, 0.1) is 0 Å². The molecule has 1 aromatic rings. The number of thiazole rings is 1. The van der Waals surface area contributed by atoms with E-state index in [9.17, 15) is 4.79 Å². The summed E-state index contributed by atoms with van der Waals surface area (Å²) in [6, 6.07) is 1.23. The molecule has 2 atom stereocenters. The fourth-order valence-corrected chi connectivity index (χ4v) is 5.29. The molecule has 1 aromatic heterocycles. The number of hydrogen-bond donors (Lipinski definition) is 1. The van der Waals surface area contributed by atoms with Crippen LogP contribution in [0.25, 0.3) is 0 Å². The molecule has 0 radical (unpaired) electrons. The van der Waals surface area contributed by atoms with Gasteiger partial charge in [0.15, 0.2) is 5.13 Å². The first-order valence-electron chi connectivity index (χ1n) is 8.97. The maximum atomic E-state index is 12.6. The Morgan fingerprint density at radius 2 is 2.00 bits per heavy atom. The standard InChI is InChI=1S/C17H26N4OS/c1-20-12-7-8-13(20)11-21(10-9-12)17(22)19-16-18-14-5-3-2-4-6-15(14)23-16/h12-13H,2-11H2,1H3,(H,18,19,22). The van der Waals surface area contributed by atoms with Crippen molar-refractivity contribution in [1.29, 1.82) is 0 Å². The second-order valence-electron chi connectivity index (χ2n) is 7.16. The smallest absolute Gasteiger partial charge is 0.323 e. The zero-order valence-corrected chi connectivity index (χ0v) is 14.7. The van der Waals surface area contributed by atoms with E-state index in [4.69, 9.17) is 0 Å². The fourth-order valence-electron chi connectivity index (χ4n) is 4.25. The SMILES string of the molecule is CN1C2CCC1CN(C(=O)Nc1nc3c(s1)CCCCC3)CC2. The largest absolute Gasteiger partial charge is 0.323 e. The Bertz CT molecular complexity index is 564. The molecule has 0 aromatic carbocycles. The quantitative estimate of drug-likeness (QED) is 0.803. The maximum Gasteiger partial charge on any atom is 0.323 e. The Labute approximate surface area is 142 Å². The van der Waals surface area contributed by atoms with Gasteiger partial charge in [0.2, 0.25) is 0 Å². The number of likely N-dealkylation sites (tertiary alicyclic amines) is 1. The van der Waals surface area contributed by atoms with Crippen LogP contribution in [-0.4, -0.2) is 53.0 Å². The van der Waals surface area contributed by atoms with Crippen LogP contribution >= 0.6 is 11.3 Å². The molecular weight excluding hydrogens is 308 g/mol. The minimum atomic E-state index is 0.0369. The summed E-state index contributed by atoms with van der Waals surface area (Å²) in [5.41, 5.74) is 1.22. The van der Waals surface area contributed by atoms with Crippen LogP contribution in [0.15, 0.2) is 0 Å². The molecule has 4 rings (SSSR count). The molecule has 0 saturated carbocycles. The summed E-state index contributed by atoms with van der Waals surface area (Å²) in [7, 11) is 2.21. The highest BCUT2D eigenvalue weighted by atomic mass is 32.1. The molecule has 2 saturated heterocycles. The van der Waals surface area contributed by atoms with Crippen molar-refractivity contribution in [3.05, 3.63) is 10.6 Å². The lowest BCUT2D eigenvalue weighted by Crippen LogP contribution is -2.41. The molecule has 5 nitrogen and oxygen atoms in total. The van der Waals surface area contributed by atoms with Crippen molar-refractivity contribution in [2.75, 3.05) is 25.5 Å². The number of aromatic nitrogens is 1. The summed E-state index contributed by atoms with van der Waals surface area (Å²) in [5.74, 6) is 0. The van der Waals surface area contributed by atoms with E-state index in [1.807, 2.05) is 4.90 Å². The van der Waals surface area contributed by atoms with E-state index in [0.29, 0.717) is 12.1 Å².